The van der Waals surface area contributed by atoms with Crippen LogP contribution < -0.4 is 24.3 Å². The quantitative estimate of drug-likeness (QED) is 0.597. The van der Waals surface area contributed by atoms with Crippen LogP contribution >= 0.6 is 0 Å². The molecule has 0 amide bonds. The summed E-state index contributed by atoms with van der Waals surface area (Å²) in [5.74, 6) is 0. The second-order valence-electron chi connectivity index (χ2n) is 5.89. The molecule has 0 heterocycles. The average molecular weight is 211 g/mol. The number of rotatable bonds is 4. The van der Waals surface area contributed by atoms with Gasteiger partial charge in [0.25, 0.3) is 0 Å². The summed E-state index contributed by atoms with van der Waals surface area (Å²) in [4.78, 5) is 2.22. The number of nitrogens with zero attached hydrogens (tertiary/aromatic N) is 1. The van der Waals surface area contributed by atoms with E-state index in [0.29, 0.717) is 0 Å². The van der Waals surface area contributed by atoms with Gasteiger partial charge < -0.3 is 4.90 Å². The molecule has 0 aliphatic heterocycles. The van der Waals surface area contributed by atoms with Gasteiger partial charge in [0, 0.05) is 12.7 Å². The Labute approximate surface area is 113 Å². The van der Waals surface area contributed by atoms with E-state index in [1.807, 2.05) is 0 Å². The van der Waals surface area contributed by atoms with Crippen LogP contribution in [-0.4, -0.2) is 31.7 Å². The summed E-state index contributed by atoms with van der Waals surface area (Å²) in [7, 11) is 4.24. The summed E-state index contributed by atoms with van der Waals surface area (Å²) in [6.07, 6.45) is 0.788. The second kappa shape index (κ2) is 6.55. The van der Waals surface area contributed by atoms with Crippen LogP contribution in [0, 0.1) is 0 Å². The first kappa shape index (κ1) is 15.8. The molecule has 1 nitrogen and oxygen atoms in total. The Balaban J connectivity index is 0.00000225. The van der Waals surface area contributed by atoms with Gasteiger partial charge in [0.05, 0.1) is 0 Å². The van der Waals surface area contributed by atoms with E-state index in [-0.39, 0.29) is 25.0 Å². The maximum absolute atomic E-state index is 2.31. The predicted molar refractivity (Wildman–Crippen MR) is 71.7 cm³/mol. The zero-order valence-electron chi connectivity index (χ0n) is 11.7. The standard InChI is InChI=1S/C13H23BN.Li/c1-14(2,3)13-8-6-12(7-9-13)10-11-15(4)5;/h6-9H,10-11H2,1-5H3;/q-1;+1. The Morgan fingerprint density at radius 2 is 1.50 bits per heavy atom. The smallest absolute Gasteiger partial charge is 0.309 e. The SMILES string of the molecule is CN(C)CCc1ccc([B-](C)(C)C)cc1.[Li+]. The molecule has 16 heavy (non-hydrogen) atoms. The van der Waals surface area contributed by atoms with Crippen LogP contribution in [0.5, 0.6) is 0 Å². The maximum atomic E-state index is 2.31. The number of hydrogen-bond acceptors (Lipinski definition) is 1. The third kappa shape index (κ3) is 5.26. The van der Waals surface area contributed by atoms with Crippen molar-refractivity contribution in [3.05, 3.63) is 29.8 Å². The topological polar surface area (TPSA) is 3.24 Å². The van der Waals surface area contributed by atoms with Gasteiger partial charge in [0.15, 0.2) is 0 Å². The summed E-state index contributed by atoms with van der Waals surface area (Å²) in [5.41, 5.74) is 2.91. The molecule has 0 spiro atoms. The molecule has 0 saturated heterocycles. The van der Waals surface area contributed by atoms with E-state index in [1.165, 1.54) is 11.0 Å². The molecule has 1 aromatic rings. The van der Waals surface area contributed by atoms with Crippen LogP contribution in [0.15, 0.2) is 24.3 Å². The molecule has 0 N–H and O–H groups in total. The van der Waals surface area contributed by atoms with Gasteiger partial charge in [-0.05, 0) is 26.1 Å². The van der Waals surface area contributed by atoms with Gasteiger partial charge in [-0.3, -0.25) is 0 Å². The summed E-state index contributed by atoms with van der Waals surface area (Å²) < 4.78 is 0. The third-order valence-corrected chi connectivity index (χ3v) is 2.83. The van der Waals surface area contributed by atoms with Gasteiger partial charge in [0.2, 0.25) is 0 Å². The first-order chi connectivity index (χ1) is 6.89. The van der Waals surface area contributed by atoms with Crippen LogP contribution in [0.1, 0.15) is 5.56 Å². The molecule has 0 atom stereocenters. The molecule has 0 aliphatic rings. The Morgan fingerprint density at radius 3 is 1.88 bits per heavy atom. The first-order valence-corrected chi connectivity index (χ1v) is 5.91. The van der Waals surface area contributed by atoms with E-state index in [1.54, 1.807) is 0 Å². The van der Waals surface area contributed by atoms with E-state index in [0.717, 1.165) is 13.0 Å². The van der Waals surface area contributed by atoms with Crippen molar-refractivity contribution >= 4 is 11.6 Å². The maximum Gasteiger partial charge on any atom is 1.00 e. The Hall–Kier alpha value is -0.158. The minimum Gasteiger partial charge on any atom is -0.309 e. The minimum absolute atomic E-state index is 0. The Morgan fingerprint density at radius 1 is 1.00 bits per heavy atom. The van der Waals surface area contributed by atoms with Crippen LogP contribution in [0.2, 0.25) is 20.5 Å². The zero-order chi connectivity index (χ0) is 11.5. The van der Waals surface area contributed by atoms with E-state index >= 15 is 0 Å². The molecule has 0 fully saturated rings. The summed E-state index contributed by atoms with van der Waals surface area (Å²) in [6, 6.07) is 9.10. The fourth-order valence-electron chi connectivity index (χ4n) is 1.61. The minimum atomic E-state index is -0.355. The summed E-state index contributed by atoms with van der Waals surface area (Å²) >= 11 is 0. The Bertz CT molecular complexity index is 301. The van der Waals surface area contributed by atoms with Crippen LogP contribution in [-0.2, 0) is 6.42 Å². The molecule has 0 aliphatic carbocycles. The van der Waals surface area contributed by atoms with Crippen LogP contribution in [0.3, 0.4) is 0 Å². The van der Waals surface area contributed by atoms with E-state index in [9.17, 15) is 0 Å². The fourth-order valence-corrected chi connectivity index (χ4v) is 1.61. The van der Waals surface area contributed by atoms with Crippen molar-refractivity contribution in [2.45, 2.75) is 26.9 Å². The van der Waals surface area contributed by atoms with Gasteiger partial charge in [0.1, 0.15) is 0 Å². The number of hydrogen-bond donors (Lipinski definition) is 0. The molecule has 84 valence electrons. The van der Waals surface area contributed by atoms with Crippen LogP contribution in [0.25, 0.3) is 0 Å². The molecular formula is C13H23BLiN. The molecular weight excluding hydrogens is 188 g/mol. The Kier molecular flexibility index (Phi) is 6.48. The monoisotopic (exact) mass is 211 g/mol. The van der Waals surface area contributed by atoms with Crippen LogP contribution in [0.4, 0.5) is 0 Å². The summed E-state index contributed by atoms with van der Waals surface area (Å²) in [6.45, 7) is 8.07. The fraction of sp³-hybridized carbons (Fsp3) is 0.538. The molecule has 0 saturated carbocycles. The van der Waals surface area contributed by atoms with Crippen molar-refractivity contribution in [1.29, 1.82) is 0 Å². The van der Waals surface area contributed by atoms with E-state index in [2.05, 4.69) is 63.7 Å². The average Bonchev–Trinajstić information content (AvgIpc) is 2.14. The zero-order valence-corrected chi connectivity index (χ0v) is 11.7. The molecule has 0 radical (unpaired) electrons. The molecule has 1 rings (SSSR count). The van der Waals surface area contributed by atoms with E-state index in [4.69, 9.17) is 0 Å². The van der Waals surface area contributed by atoms with Gasteiger partial charge in [-0.2, -0.15) is 20.5 Å². The van der Waals surface area contributed by atoms with E-state index < -0.39 is 0 Å². The predicted octanol–water partition coefficient (Wildman–Crippen LogP) is -0.660. The van der Waals surface area contributed by atoms with Crippen molar-refractivity contribution in [2.75, 3.05) is 20.6 Å². The van der Waals surface area contributed by atoms with Crippen molar-refractivity contribution in [3.8, 4) is 0 Å². The van der Waals surface area contributed by atoms with Gasteiger partial charge in [-0.15, -0.1) is 0 Å². The molecule has 1 aromatic carbocycles. The normalized spacial score (nSPS) is 11.4. The van der Waals surface area contributed by atoms with Crippen molar-refractivity contribution in [3.63, 3.8) is 0 Å². The number of benzene rings is 1. The van der Waals surface area contributed by atoms with Gasteiger partial charge in [-0.1, -0.05) is 24.3 Å². The van der Waals surface area contributed by atoms with Crippen molar-refractivity contribution in [1.82, 2.24) is 4.90 Å². The van der Waals surface area contributed by atoms with Gasteiger partial charge >= 0.3 is 18.9 Å². The largest absolute Gasteiger partial charge is 1.00 e. The van der Waals surface area contributed by atoms with Gasteiger partial charge in [-0.25, -0.2) is 5.46 Å². The van der Waals surface area contributed by atoms with Crippen molar-refractivity contribution < 1.29 is 18.9 Å². The molecule has 3 heteroatoms. The molecule has 0 aromatic heterocycles. The molecule has 0 bridgehead atoms. The second-order valence-corrected chi connectivity index (χ2v) is 5.89. The molecule has 0 unspecified atom stereocenters. The number of likely N-dealkylation sites (N-methyl/N-ethyl adjacent to an activating group) is 1. The summed E-state index contributed by atoms with van der Waals surface area (Å²) in [5, 5.41) is 0. The third-order valence-electron chi connectivity index (χ3n) is 2.83. The van der Waals surface area contributed by atoms with Crippen molar-refractivity contribution in [2.24, 2.45) is 0 Å². The first-order valence-electron chi connectivity index (χ1n) is 5.91.